The fourth-order valence-electron chi connectivity index (χ4n) is 3.36. The van der Waals surface area contributed by atoms with Crippen molar-refractivity contribution in [1.82, 2.24) is 4.57 Å². The van der Waals surface area contributed by atoms with Crippen LogP contribution in [0.25, 0.3) is 17.3 Å². The summed E-state index contributed by atoms with van der Waals surface area (Å²) in [7, 11) is 0. The predicted octanol–water partition coefficient (Wildman–Crippen LogP) is 3.81. The Balaban J connectivity index is 1.73. The number of aryl methyl sites for hydroxylation is 1. The van der Waals surface area contributed by atoms with Crippen LogP contribution in [-0.2, 0) is 6.61 Å². The molecule has 0 radical (unpaired) electrons. The van der Waals surface area contributed by atoms with Gasteiger partial charge in [-0.3, -0.25) is 9.36 Å². The molecule has 0 aliphatic rings. The topological polar surface area (TPSA) is 78.8 Å². The number of nitrogens with zero attached hydrogens (tertiary/aromatic N) is 3. The van der Waals surface area contributed by atoms with E-state index in [1.165, 1.54) is 4.57 Å². The van der Waals surface area contributed by atoms with Crippen molar-refractivity contribution in [1.29, 1.82) is 10.5 Å². The lowest BCUT2D eigenvalue weighted by molar-refractivity contribution is 0.306. The van der Waals surface area contributed by atoms with Crippen LogP contribution in [0.1, 0.15) is 16.7 Å². The lowest BCUT2D eigenvalue weighted by atomic mass is 10.2. The Kier molecular flexibility index (Phi) is 6.50. The van der Waals surface area contributed by atoms with E-state index in [9.17, 15) is 15.3 Å². The van der Waals surface area contributed by atoms with E-state index in [0.717, 1.165) is 33.8 Å². The van der Waals surface area contributed by atoms with Crippen LogP contribution < -0.4 is 19.5 Å². The summed E-state index contributed by atoms with van der Waals surface area (Å²) in [5.41, 5.74) is 3.07. The molecule has 0 aliphatic carbocycles. The van der Waals surface area contributed by atoms with Crippen molar-refractivity contribution in [3.05, 3.63) is 115 Å². The lowest BCUT2D eigenvalue weighted by Crippen LogP contribution is -2.31. The molecule has 1 aromatic heterocycles. The molecule has 4 rings (SSSR count). The van der Waals surface area contributed by atoms with E-state index in [0.29, 0.717) is 21.5 Å². The zero-order valence-electron chi connectivity index (χ0n) is 17.9. The van der Waals surface area contributed by atoms with Crippen molar-refractivity contribution in [3.8, 4) is 23.6 Å². The minimum Gasteiger partial charge on any atom is -0.489 e. The van der Waals surface area contributed by atoms with Crippen molar-refractivity contribution in [2.24, 2.45) is 0 Å². The van der Waals surface area contributed by atoms with Gasteiger partial charge in [-0.2, -0.15) is 10.5 Å². The summed E-state index contributed by atoms with van der Waals surface area (Å²) < 4.78 is 8.04. The van der Waals surface area contributed by atoms with Crippen LogP contribution in [0.15, 0.2) is 83.7 Å². The fraction of sp³-hybridized carbons (Fsp3) is 0.0741. The summed E-state index contributed by atoms with van der Waals surface area (Å²) in [5.74, 6) is 0.727. The maximum Gasteiger partial charge on any atom is 0.273 e. The Labute approximate surface area is 195 Å². The first-order valence-electron chi connectivity index (χ1n) is 10.2. The van der Waals surface area contributed by atoms with Crippen molar-refractivity contribution in [3.63, 3.8) is 0 Å². The number of aromatic nitrogens is 1. The third-order valence-corrected chi connectivity index (χ3v) is 6.14. The first-order valence-corrected chi connectivity index (χ1v) is 11.0. The van der Waals surface area contributed by atoms with Gasteiger partial charge in [-0.1, -0.05) is 60.7 Å². The van der Waals surface area contributed by atoms with E-state index < -0.39 is 0 Å². The van der Waals surface area contributed by atoms with E-state index in [1.807, 2.05) is 97.9 Å². The van der Waals surface area contributed by atoms with Gasteiger partial charge in [-0.15, -0.1) is 11.3 Å². The van der Waals surface area contributed by atoms with Crippen LogP contribution in [0, 0.1) is 29.6 Å². The van der Waals surface area contributed by atoms with Crippen LogP contribution in [-0.4, -0.2) is 4.57 Å². The van der Waals surface area contributed by atoms with E-state index in [2.05, 4.69) is 0 Å². The summed E-state index contributed by atoms with van der Waals surface area (Å²) >= 11 is 1.14. The summed E-state index contributed by atoms with van der Waals surface area (Å²) in [4.78, 5) is 13.3. The summed E-state index contributed by atoms with van der Waals surface area (Å²) in [6, 6.07) is 28.6. The molecule has 0 unspecified atom stereocenters. The highest BCUT2D eigenvalue weighted by Crippen LogP contribution is 2.15. The van der Waals surface area contributed by atoms with Crippen molar-refractivity contribution in [2.75, 3.05) is 0 Å². The quantitative estimate of drug-likeness (QED) is 0.464. The lowest BCUT2D eigenvalue weighted by Gasteiger charge is -2.06. The van der Waals surface area contributed by atoms with Gasteiger partial charge in [0.25, 0.3) is 5.56 Å². The minimum absolute atomic E-state index is 0.0929. The minimum atomic E-state index is -0.267. The van der Waals surface area contributed by atoms with Gasteiger partial charge in [0.1, 0.15) is 29.2 Å². The maximum atomic E-state index is 13.3. The van der Waals surface area contributed by atoms with Crippen LogP contribution in [0.3, 0.4) is 0 Å². The van der Waals surface area contributed by atoms with Crippen molar-refractivity contribution < 1.29 is 4.74 Å². The molecule has 0 saturated carbocycles. The molecule has 0 aliphatic heterocycles. The van der Waals surface area contributed by atoms with E-state index in [-0.39, 0.29) is 11.1 Å². The highest BCUT2D eigenvalue weighted by Gasteiger charge is 2.12. The molecule has 0 fully saturated rings. The zero-order chi connectivity index (χ0) is 23.2. The molecule has 0 spiro atoms. The number of benzene rings is 3. The highest BCUT2D eigenvalue weighted by atomic mass is 32.1. The number of thiazole rings is 1. The number of hydrogen-bond acceptors (Lipinski definition) is 5. The summed E-state index contributed by atoms with van der Waals surface area (Å²) in [5, 5.41) is 18.9. The number of para-hydroxylation sites is 1. The molecule has 160 valence electrons. The molecule has 0 atom stereocenters. The van der Waals surface area contributed by atoms with Gasteiger partial charge in [-0.05, 0) is 47.9 Å². The molecule has 0 amide bonds. The smallest absolute Gasteiger partial charge is 0.273 e. The van der Waals surface area contributed by atoms with Crippen molar-refractivity contribution in [2.45, 2.75) is 13.5 Å². The number of hydrogen-bond donors (Lipinski definition) is 0. The number of nitriles is 2. The normalized spacial score (nSPS) is 10.9. The van der Waals surface area contributed by atoms with Gasteiger partial charge in [0.05, 0.1) is 10.2 Å². The van der Waals surface area contributed by atoms with Gasteiger partial charge in [0.2, 0.25) is 0 Å². The Bertz CT molecular complexity index is 1540. The zero-order valence-corrected chi connectivity index (χ0v) is 18.7. The monoisotopic (exact) mass is 449 g/mol. The molecule has 1 heterocycles. The fourth-order valence-corrected chi connectivity index (χ4v) is 4.40. The van der Waals surface area contributed by atoms with E-state index >= 15 is 0 Å². The molecule has 33 heavy (non-hydrogen) atoms. The van der Waals surface area contributed by atoms with Gasteiger partial charge < -0.3 is 4.74 Å². The largest absolute Gasteiger partial charge is 0.489 e. The summed E-state index contributed by atoms with van der Waals surface area (Å²) in [6.07, 6.45) is 1.76. The second kappa shape index (κ2) is 9.82. The first kappa shape index (κ1) is 21.8. The maximum absolute atomic E-state index is 13.3. The molecule has 0 N–H and O–H groups in total. The number of rotatable bonds is 5. The molecule has 0 bridgehead atoms. The van der Waals surface area contributed by atoms with Gasteiger partial charge >= 0.3 is 0 Å². The SMILES string of the molecule is Cc1ccccc1-n1c(=C(C#N)C#N)s/c(=C\c2ccc(OCc3ccccc3)cc2)c1=O. The third-order valence-electron chi connectivity index (χ3n) is 5.04. The Morgan fingerprint density at radius 2 is 1.64 bits per heavy atom. The molecule has 4 aromatic rings. The second-order valence-corrected chi connectivity index (χ2v) is 8.32. The van der Waals surface area contributed by atoms with Crippen LogP contribution in [0.5, 0.6) is 5.75 Å². The summed E-state index contributed by atoms with van der Waals surface area (Å²) in [6.45, 7) is 2.36. The standard InChI is InChI=1S/C27H19N3O2S/c1-19-7-5-6-10-24(19)30-26(31)25(33-27(30)22(16-28)17-29)15-20-11-13-23(14-12-20)32-18-21-8-3-2-4-9-21/h2-15H,18H2,1H3/b25-15-. The Morgan fingerprint density at radius 3 is 2.30 bits per heavy atom. The average Bonchev–Trinajstić information content (AvgIpc) is 3.16. The van der Waals surface area contributed by atoms with Crippen LogP contribution >= 0.6 is 11.3 Å². The Hall–Kier alpha value is -4.39. The Morgan fingerprint density at radius 1 is 0.970 bits per heavy atom. The molecular formula is C27H19N3O2S. The molecule has 6 heteroatoms. The van der Waals surface area contributed by atoms with Gasteiger partial charge in [0, 0.05) is 0 Å². The molecular weight excluding hydrogens is 430 g/mol. The van der Waals surface area contributed by atoms with Gasteiger partial charge in [0.15, 0.2) is 5.57 Å². The molecule has 0 saturated heterocycles. The van der Waals surface area contributed by atoms with Crippen LogP contribution in [0.4, 0.5) is 0 Å². The number of ether oxygens (including phenoxy) is 1. The third kappa shape index (κ3) is 4.77. The van der Waals surface area contributed by atoms with E-state index in [1.54, 1.807) is 6.08 Å². The molecule has 3 aromatic carbocycles. The highest BCUT2D eigenvalue weighted by molar-refractivity contribution is 7.07. The van der Waals surface area contributed by atoms with Gasteiger partial charge in [-0.25, -0.2) is 0 Å². The van der Waals surface area contributed by atoms with E-state index in [4.69, 9.17) is 4.74 Å². The second-order valence-electron chi connectivity index (χ2n) is 7.28. The average molecular weight is 450 g/mol. The first-order chi connectivity index (χ1) is 16.1. The predicted molar refractivity (Wildman–Crippen MR) is 129 cm³/mol. The van der Waals surface area contributed by atoms with Crippen LogP contribution in [0.2, 0.25) is 0 Å². The van der Waals surface area contributed by atoms with Crippen molar-refractivity contribution >= 4 is 23.0 Å². The molecule has 5 nitrogen and oxygen atoms in total.